The Morgan fingerprint density at radius 3 is 2.08 bits per heavy atom. The normalized spacial score (nSPS) is 11.3. The van der Waals surface area contributed by atoms with Gasteiger partial charge in [-0.3, -0.25) is 9.52 Å². The summed E-state index contributed by atoms with van der Waals surface area (Å²) in [5, 5.41) is 2.76. The summed E-state index contributed by atoms with van der Waals surface area (Å²) in [7, 11) is -3.68. The van der Waals surface area contributed by atoms with Crippen LogP contribution < -0.4 is 10.0 Å². The van der Waals surface area contributed by atoms with Crippen LogP contribution >= 0.6 is 0 Å². The topological polar surface area (TPSA) is 75.3 Å². The van der Waals surface area contributed by atoms with Crippen molar-refractivity contribution in [3.05, 3.63) is 59.7 Å². The number of carbonyl (C=O) groups is 1. The Labute approximate surface area is 143 Å². The summed E-state index contributed by atoms with van der Waals surface area (Å²) in [6, 6.07) is 13.1. The average molecular weight is 346 g/mol. The first-order valence-electron chi connectivity index (χ1n) is 7.84. The van der Waals surface area contributed by atoms with Crippen LogP contribution in [0.5, 0.6) is 0 Å². The number of nitrogens with one attached hydrogen (secondary N) is 2. The second-order valence-electron chi connectivity index (χ2n) is 5.81. The maximum absolute atomic E-state index is 12.4. The summed E-state index contributed by atoms with van der Waals surface area (Å²) in [6.07, 6.45) is 0.896. The quantitative estimate of drug-likeness (QED) is 0.843. The smallest absolute Gasteiger partial charge is 0.261 e. The van der Waals surface area contributed by atoms with Crippen molar-refractivity contribution in [2.75, 3.05) is 4.72 Å². The number of rotatable bonds is 6. The van der Waals surface area contributed by atoms with Crippen LogP contribution in [0.1, 0.15) is 36.7 Å². The molecule has 5 nitrogen and oxygen atoms in total. The third kappa shape index (κ3) is 4.58. The van der Waals surface area contributed by atoms with Gasteiger partial charge in [0.05, 0.1) is 4.90 Å². The first kappa shape index (κ1) is 18.0. The maximum atomic E-state index is 12.4. The van der Waals surface area contributed by atoms with E-state index in [1.165, 1.54) is 24.3 Å². The fraction of sp³-hybridized carbons (Fsp3) is 0.278. The molecule has 0 fully saturated rings. The van der Waals surface area contributed by atoms with E-state index in [4.69, 9.17) is 0 Å². The molecule has 0 saturated heterocycles. The summed E-state index contributed by atoms with van der Waals surface area (Å²) in [4.78, 5) is 12.0. The molecule has 0 aliphatic carbocycles. The SMILES string of the molecule is CCc1ccc(NS(=O)(=O)c2ccc(C(=O)NC(C)C)cc2)cc1. The van der Waals surface area contributed by atoms with Crippen LogP contribution in [0.3, 0.4) is 0 Å². The van der Waals surface area contributed by atoms with Crippen LogP contribution in [0.2, 0.25) is 0 Å². The Kier molecular flexibility index (Phi) is 5.62. The largest absolute Gasteiger partial charge is 0.350 e. The van der Waals surface area contributed by atoms with Gasteiger partial charge >= 0.3 is 0 Å². The molecular weight excluding hydrogens is 324 g/mol. The number of benzene rings is 2. The Morgan fingerprint density at radius 1 is 1.00 bits per heavy atom. The average Bonchev–Trinajstić information content (AvgIpc) is 2.55. The molecule has 0 saturated carbocycles. The summed E-state index contributed by atoms with van der Waals surface area (Å²) in [5.74, 6) is -0.225. The molecule has 0 aliphatic heterocycles. The lowest BCUT2D eigenvalue weighted by molar-refractivity contribution is 0.0943. The zero-order valence-corrected chi connectivity index (χ0v) is 14.9. The van der Waals surface area contributed by atoms with Gasteiger partial charge in [0.1, 0.15) is 0 Å². The van der Waals surface area contributed by atoms with Crippen molar-refractivity contribution in [3.8, 4) is 0 Å². The van der Waals surface area contributed by atoms with E-state index in [-0.39, 0.29) is 16.8 Å². The Hall–Kier alpha value is -2.34. The van der Waals surface area contributed by atoms with Gasteiger partial charge in [0.2, 0.25) is 0 Å². The first-order valence-corrected chi connectivity index (χ1v) is 9.33. The third-order valence-corrected chi connectivity index (χ3v) is 4.86. The van der Waals surface area contributed by atoms with Crippen LogP contribution in [0.4, 0.5) is 5.69 Å². The lowest BCUT2D eigenvalue weighted by Crippen LogP contribution is -2.30. The molecule has 2 N–H and O–H groups in total. The number of carbonyl (C=O) groups excluding carboxylic acids is 1. The monoisotopic (exact) mass is 346 g/mol. The second kappa shape index (κ2) is 7.49. The zero-order valence-electron chi connectivity index (χ0n) is 14.0. The molecule has 2 aromatic carbocycles. The van der Waals surface area contributed by atoms with Gasteiger partial charge in [0.25, 0.3) is 15.9 Å². The summed E-state index contributed by atoms with van der Waals surface area (Å²) < 4.78 is 27.3. The van der Waals surface area contributed by atoms with E-state index in [1.54, 1.807) is 12.1 Å². The second-order valence-corrected chi connectivity index (χ2v) is 7.49. The third-order valence-electron chi connectivity index (χ3n) is 3.46. The number of hydrogen-bond acceptors (Lipinski definition) is 3. The first-order chi connectivity index (χ1) is 11.3. The summed E-state index contributed by atoms with van der Waals surface area (Å²) >= 11 is 0. The standard InChI is InChI=1S/C18H22N2O3S/c1-4-14-5-9-16(10-6-14)20-24(22,23)17-11-7-15(8-12-17)18(21)19-13(2)3/h5-13,20H,4H2,1-3H3,(H,19,21). The molecule has 24 heavy (non-hydrogen) atoms. The van der Waals surface area contributed by atoms with Gasteiger partial charge in [-0.25, -0.2) is 8.42 Å². The molecule has 1 amide bonds. The molecule has 0 aliphatic rings. The molecule has 0 aromatic heterocycles. The maximum Gasteiger partial charge on any atom is 0.261 e. The molecule has 0 radical (unpaired) electrons. The van der Waals surface area contributed by atoms with Crippen LogP contribution in [0, 0.1) is 0 Å². The van der Waals surface area contributed by atoms with Gasteiger partial charge in [-0.1, -0.05) is 19.1 Å². The molecule has 0 unspecified atom stereocenters. The number of sulfonamides is 1. The van der Waals surface area contributed by atoms with E-state index in [0.29, 0.717) is 11.3 Å². The summed E-state index contributed by atoms with van der Waals surface area (Å²) in [5.41, 5.74) is 2.07. The molecule has 2 rings (SSSR count). The van der Waals surface area contributed by atoms with E-state index in [1.807, 2.05) is 32.9 Å². The fourth-order valence-corrected chi connectivity index (χ4v) is 3.21. The van der Waals surface area contributed by atoms with Gasteiger partial charge in [-0.15, -0.1) is 0 Å². The molecule has 2 aromatic rings. The molecule has 0 spiro atoms. The fourth-order valence-electron chi connectivity index (χ4n) is 2.15. The minimum absolute atomic E-state index is 0.0219. The Bertz CT molecular complexity index is 795. The molecule has 0 atom stereocenters. The molecule has 128 valence electrons. The van der Waals surface area contributed by atoms with E-state index in [0.717, 1.165) is 12.0 Å². The van der Waals surface area contributed by atoms with Crippen molar-refractivity contribution in [1.29, 1.82) is 0 Å². The lowest BCUT2D eigenvalue weighted by atomic mass is 10.2. The molecular formula is C18H22N2O3S. The predicted molar refractivity (Wildman–Crippen MR) is 95.7 cm³/mol. The van der Waals surface area contributed by atoms with E-state index < -0.39 is 10.0 Å². The van der Waals surface area contributed by atoms with Crippen LogP contribution in [0.25, 0.3) is 0 Å². The van der Waals surface area contributed by atoms with Crippen LogP contribution in [-0.4, -0.2) is 20.4 Å². The molecule has 0 heterocycles. The molecule has 6 heteroatoms. The molecule has 0 bridgehead atoms. The number of hydrogen-bond donors (Lipinski definition) is 2. The van der Waals surface area contributed by atoms with Crippen molar-refractivity contribution < 1.29 is 13.2 Å². The van der Waals surface area contributed by atoms with E-state index >= 15 is 0 Å². The summed E-state index contributed by atoms with van der Waals surface area (Å²) in [6.45, 7) is 5.77. The number of amides is 1. The van der Waals surface area contributed by atoms with Gasteiger partial charge < -0.3 is 5.32 Å². The number of aryl methyl sites for hydroxylation is 1. The van der Waals surface area contributed by atoms with Gasteiger partial charge in [-0.2, -0.15) is 0 Å². The highest BCUT2D eigenvalue weighted by Crippen LogP contribution is 2.17. The van der Waals surface area contributed by atoms with Crippen LogP contribution in [0.15, 0.2) is 53.4 Å². The Balaban J connectivity index is 2.15. The van der Waals surface area contributed by atoms with Gasteiger partial charge in [-0.05, 0) is 62.2 Å². The highest BCUT2D eigenvalue weighted by Gasteiger charge is 2.15. The van der Waals surface area contributed by atoms with E-state index in [9.17, 15) is 13.2 Å². The van der Waals surface area contributed by atoms with Crippen molar-refractivity contribution in [2.45, 2.75) is 38.1 Å². The lowest BCUT2D eigenvalue weighted by Gasteiger charge is -2.10. The van der Waals surface area contributed by atoms with Crippen molar-refractivity contribution in [2.24, 2.45) is 0 Å². The van der Waals surface area contributed by atoms with Crippen molar-refractivity contribution >= 4 is 21.6 Å². The van der Waals surface area contributed by atoms with Crippen molar-refractivity contribution in [3.63, 3.8) is 0 Å². The highest BCUT2D eigenvalue weighted by molar-refractivity contribution is 7.92. The number of anilines is 1. The van der Waals surface area contributed by atoms with Crippen molar-refractivity contribution in [1.82, 2.24) is 5.32 Å². The minimum atomic E-state index is -3.68. The van der Waals surface area contributed by atoms with Crippen LogP contribution in [-0.2, 0) is 16.4 Å². The van der Waals surface area contributed by atoms with Gasteiger partial charge in [0, 0.05) is 17.3 Å². The predicted octanol–water partition coefficient (Wildman–Crippen LogP) is 3.19. The zero-order chi connectivity index (χ0) is 17.7. The Morgan fingerprint density at radius 2 is 1.58 bits per heavy atom. The van der Waals surface area contributed by atoms with Gasteiger partial charge in [0.15, 0.2) is 0 Å². The highest BCUT2D eigenvalue weighted by atomic mass is 32.2. The minimum Gasteiger partial charge on any atom is -0.350 e. The van der Waals surface area contributed by atoms with E-state index in [2.05, 4.69) is 10.0 Å².